The maximum absolute atomic E-state index is 10.6. The Morgan fingerprint density at radius 2 is 1.92 bits per heavy atom. The van der Waals surface area contributed by atoms with Crippen LogP contribution in [0.1, 0.15) is 5.56 Å². The molecule has 0 amide bonds. The molecule has 9 heteroatoms. The number of ether oxygens (including phenoxy) is 3. The van der Waals surface area contributed by atoms with E-state index < -0.39 is 43.3 Å². The Labute approximate surface area is 143 Å². The number of carboxylic acids is 1. The monoisotopic (exact) mass is 356 g/mol. The third-order valence-corrected chi connectivity index (χ3v) is 3.70. The molecule has 0 radical (unpaired) electrons. The normalized spacial score (nSPS) is 29.6. The van der Waals surface area contributed by atoms with Crippen molar-refractivity contribution in [2.45, 2.75) is 30.7 Å². The van der Waals surface area contributed by atoms with Crippen LogP contribution in [0.15, 0.2) is 24.3 Å². The summed E-state index contributed by atoms with van der Waals surface area (Å²) in [7, 11) is 1.38. The smallest absolute Gasteiger partial charge is 0.328 e. The lowest BCUT2D eigenvalue weighted by Crippen LogP contribution is -2.60. The van der Waals surface area contributed by atoms with Crippen LogP contribution >= 0.6 is 0 Å². The zero-order chi connectivity index (χ0) is 18.6. The number of hydrogen-bond acceptors (Lipinski definition) is 8. The van der Waals surface area contributed by atoms with Crippen LogP contribution in [0.4, 0.5) is 0 Å². The van der Waals surface area contributed by atoms with Gasteiger partial charge in [-0.3, -0.25) is 0 Å². The van der Waals surface area contributed by atoms with Crippen LogP contribution < -0.4 is 9.47 Å². The molecule has 0 aromatic heterocycles. The van der Waals surface area contributed by atoms with Gasteiger partial charge < -0.3 is 39.7 Å². The predicted octanol–water partition coefficient (Wildman–Crippen LogP) is -1.03. The van der Waals surface area contributed by atoms with Gasteiger partial charge in [0.25, 0.3) is 0 Å². The first-order valence-corrected chi connectivity index (χ1v) is 7.43. The van der Waals surface area contributed by atoms with E-state index in [0.29, 0.717) is 5.56 Å². The molecule has 0 aliphatic carbocycles. The maximum atomic E-state index is 10.6. The lowest BCUT2D eigenvalue weighted by atomic mass is 9.99. The molecule has 1 aromatic rings. The fourth-order valence-corrected chi connectivity index (χ4v) is 2.34. The van der Waals surface area contributed by atoms with Crippen molar-refractivity contribution in [2.24, 2.45) is 0 Å². The average molecular weight is 356 g/mol. The highest BCUT2D eigenvalue weighted by Gasteiger charge is 2.44. The summed E-state index contributed by atoms with van der Waals surface area (Å²) in [5.74, 6) is -0.690. The Hall–Kier alpha value is -2.17. The molecule has 0 bridgehead atoms. The molecule has 1 heterocycles. The summed E-state index contributed by atoms with van der Waals surface area (Å²) in [6, 6.07) is 4.54. The van der Waals surface area contributed by atoms with Crippen molar-refractivity contribution in [3.63, 3.8) is 0 Å². The molecule has 5 unspecified atom stereocenters. The Morgan fingerprint density at radius 1 is 1.20 bits per heavy atom. The number of rotatable bonds is 6. The number of aliphatic hydroxyl groups is 4. The average Bonchev–Trinajstić information content (AvgIpc) is 2.60. The highest BCUT2D eigenvalue weighted by atomic mass is 16.7. The Balaban J connectivity index is 2.19. The molecule has 5 atom stereocenters. The maximum Gasteiger partial charge on any atom is 0.328 e. The standard InChI is InChI=1S/C16H20O9/c1-23-10-6-8(3-5-12(18)19)2-4-9(10)24-16-15(22)14(21)13(20)11(7-17)25-16/h2-6,11,13-17,20-22H,7H2,1H3,(H,18,19)/b5-3+. The molecule has 2 rings (SSSR count). The summed E-state index contributed by atoms with van der Waals surface area (Å²) in [6.07, 6.45) is -4.69. The van der Waals surface area contributed by atoms with Crippen molar-refractivity contribution in [3.8, 4) is 11.5 Å². The van der Waals surface area contributed by atoms with Gasteiger partial charge in [-0.25, -0.2) is 4.79 Å². The molecule has 9 nitrogen and oxygen atoms in total. The number of hydrogen-bond donors (Lipinski definition) is 5. The summed E-state index contributed by atoms with van der Waals surface area (Å²) in [4.78, 5) is 10.6. The molecule has 0 spiro atoms. The van der Waals surface area contributed by atoms with Crippen LogP contribution in [0.2, 0.25) is 0 Å². The molecular weight excluding hydrogens is 336 g/mol. The van der Waals surface area contributed by atoms with E-state index in [9.17, 15) is 25.2 Å². The number of aliphatic carboxylic acids is 1. The van der Waals surface area contributed by atoms with E-state index in [2.05, 4.69) is 0 Å². The van der Waals surface area contributed by atoms with Crippen molar-refractivity contribution >= 4 is 12.0 Å². The topological polar surface area (TPSA) is 146 Å². The fourth-order valence-electron chi connectivity index (χ4n) is 2.34. The Bertz CT molecular complexity index is 628. The number of carboxylic acid groups (broad SMARTS) is 1. The quantitative estimate of drug-likeness (QED) is 0.404. The number of aliphatic hydroxyl groups excluding tert-OH is 4. The highest BCUT2D eigenvalue weighted by molar-refractivity contribution is 5.85. The minimum Gasteiger partial charge on any atom is -0.493 e. The second-order valence-electron chi connectivity index (χ2n) is 5.40. The molecule has 1 aromatic carbocycles. The first-order valence-electron chi connectivity index (χ1n) is 7.43. The van der Waals surface area contributed by atoms with Crippen molar-refractivity contribution in [3.05, 3.63) is 29.8 Å². The summed E-state index contributed by atoms with van der Waals surface area (Å²) in [5.41, 5.74) is 0.542. The van der Waals surface area contributed by atoms with Gasteiger partial charge in [0.1, 0.15) is 24.4 Å². The van der Waals surface area contributed by atoms with E-state index in [1.54, 1.807) is 6.07 Å². The predicted molar refractivity (Wildman–Crippen MR) is 84.1 cm³/mol. The third kappa shape index (κ3) is 4.47. The lowest BCUT2D eigenvalue weighted by Gasteiger charge is -2.39. The zero-order valence-electron chi connectivity index (χ0n) is 13.3. The van der Waals surface area contributed by atoms with Crippen molar-refractivity contribution in [1.82, 2.24) is 0 Å². The molecular formula is C16H20O9. The van der Waals surface area contributed by atoms with Gasteiger partial charge in [-0.1, -0.05) is 6.07 Å². The molecule has 138 valence electrons. The second-order valence-corrected chi connectivity index (χ2v) is 5.40. The summed E-state index contributed by atoms with van der Waals surface area (Å²) >= 11 is 0. The van der Waals surface area contributed by atoms with Crippen LogP contribution in [0.5, 0.6) is 11.5 Å². The van der Waals surface area contributed by atoms with Crippen LogP contribution in [-0.2, 0) is 9.53 Å². The van der Waals surface area contributed by atoms with Gasteiger partial charge in [-0.2, -0.15) is 0 Å². The lowest BCUT2D eigenvalue weighted by molar-refractivity contribution is -0.277. The number of benzene rings is 1. The van der Waals surface area contributed by atoms with Crippen LogP contribution in [-0.4, -0.2) is 75.9 Å². The van der Waals surface area contributed by atoms with Gasteiger partial charge in [0.15, 0.2) is 11.5 Å². The minimum atomic E-state index is -1.56. The minimum absolute atomic E-state index is 0.166. The van der Waals surface area contributed by atoms with Gasteiger partial charge in [0.05, 0.1) is 13.7 Å². The van der Waals surface area contributed by atoms with E-state index >= 15 is 0 Å². The number of methoxy groups -OCH3 is 1. The highest BCUT2D eigenvalue weighted by Crippen LogP contribution is 2.32. The molecule has 1 fully saturated rings. The second kappa shape index (κ2) is 8.28. The molecule has 25 heavy (non-hydrogen) atoms. The largest absolute Gasteiger partial charge is 0.493 e. The van der Waals surface area contributed by atoms with Crippen molar-refractivity contribution in [1.29, 1.82) is 0 Å². The summed E-state index contributed by atoms with van der Waals surface area (Å²) in [6.45, 7) is -0.569. The van der Waals surface area contributed by atoms with Gasteiger partial charge in [0, 0.05) is 6.08 Å². The van der Waals surface area contributed by atoms with Gasteiger partial charge in [0.2, 0.25) is 6.29 Å². The molecule has 1 aliphatic heterocycles. The SMILES string of the molecule is COc1cc(/C=C/C(=O)O)ccc1OC1OC(CO)C(O)C(O)C1O. The van der Waals surface area contributed by atoms with Crippen LogP contribution in [0.25, 0.3) is 6.08 Å². The summed E-state index contributed by atoms with van der Waals surface area (Å²) in [5, 5.41) is 47.3. The van der Waals surface area contributed by atoms with E-state index in [-0.39, 0.29) is 11.5 Å². The fraction of sp³-hybridized carbons (Fsp3) is 0.438. The molecule has 5 N–H and O–H groups in total. The van der Waals surface area contributed by atoms with E-state index in [4.69, 9.17) is 19.3 Å². The van der Waals surface area contributed by atoms with Crippen molar-refractivity contribution < 1.29 is 44.5 Å². The van der Waals surface area contributed by atoms with Gasteiger partial charge in [-0.15, -0.1) is 0 Å². The van der Waals surface area contributed by atoms with E-state index in [1.165, 1.54) is 25.3 Å². The molecule has 1 aliphatic rings. The van der Waals surface area contributed by atoms with Crippen LogP contribution in [0, 0.1) is 0 Å². The third-order valence-electron chi connectivity index (χ3n) is 3.70. The van der Waals surface area contributed by atoms with Gasteiger partial charge >= 0.3 is 5.97 Å². The Kier molecular flexibility index (Phi) is 6.34. The van der Waals surface area contributed by atoms with Gasteiger partial charge in [-0.05, 0) is 23.8 Å². The first kappa shape index (κ1) is 19.2. The van der Waals surface area contributed by atoms with Crippen molar-refractivity contribution in [2.75, 3.05) is 13.7 Å². The molecule has 0 saturated carbocycles. The van der Waals surface area contributed by atoms with Crippen LogP contribution in [0.3, 0.4) is 0 Å². The number of carbonyl (C=O) groups is 1. The van der Waals surface area contributed by atoms with E-state index in [1.807, 2.05) is 0 Å². The molecule has 1 saturated heterocycles. The zero-order valence-corrected chi connectivity index (χ0v) is 13.3. The van der Waals surface area contributed by atoms with E-state index in [0.717, 1.165) is 6.08 Å². The first-order chi connectivity index (χ1) is 11.9. The summed E-state index contributed by atoms with van der Waals surface area (Å²) < 4.78 is 15.9. The Morgan fingerprint density at radius 3 is 2.52 bits per heavy atom.